The highest BCUT2D eigenvalue weighted by Gasteiger charge is 2.17. The first-order chi connectivity index (χ1) is 7.44. The molecule has 0 heterocycles. The highest BCUT2D eigenvalue weighted by Crippen LogP contribution is 2.18. The molecule has 0 unspecified atom stereocenters. The molecule has 0 aliphatic rings. The van der Waals surface area contributed by atoms with E-state index in [-0.39, 0.29) is 18.1 Å². The van der Waals surface area contributed by atoms with E-state index in [1.807, 2.05) is 38.1 Å². The van der Waals surface area contributed by atoms with Gasteiger partial charge in [0.1, 0.15) is 0 Å². The first-order valence-electron chi connectivity index (χ1n) is 5.54. The van der Waals surface area contributed by atoms with Crippen molar-refractivity contribution in [1.29, 1.82) is 0 Å². The summed E-state index contributed by atoms with van der Waals surface area (Å²) >= 11 is 5.83. The van der Waals surface area contributed by atoms with Crippen molar-refractivity contribution >= 4 is 11.6 Å². The molecule has 1 aromatic rings. The van der Waals surface area contributed by atoms with Crippen molar-refractivity contribution in [2.75, 3.05) is 13.2 Å². The van der Waals surface area contributed by atoms with E-state index in [1.165, 1.54) is 5.56 Å². The summed E-state index contributed by atoms with van der Waals surface area (Å²) in [6.45, 7) is 7.15. The molecule has 0 aliphatic carbocycles. The molecule has 1 atom stereocenters. The molecule has 2 nitrogen and oxygen atoms in total. The van der Waals surface area contributed by atoms with Gasteiger partial charge in [0.2, 0.25) is 0 Å². The van der Waals surface area contributed by atoms with E-state index in [1.54, 1.807) is 0 Å². The van der Waals surface area contributed by atoms with Crippen LogP contribution in [0, 0.1) is 5.41 Å². The maximum absolute atomic E-state index is 9.16. The third-order valence-corrected chi connectivity index (χ3v) is 2.94. The number of rotatable bonds is 5. The zero-order chi connectivity index (χ0) is 12.2. The highest BCUT2D eigenvalue weighted by atomic mass is 35.5. The molecular weight excluding hydrogens is 222 g/mol. The normalized spacial score (nSPS) is 13.8. The van der Waals surface area contributed by atoms with E-state index in [9.17, 15) is 0 Å². The van der Waals surface area contributed by atoms with Gasteiger partial charge in [0.25, 0.3) is 0 Å². The van der Waals surface area contributed by atoms with Gasteiger partial charge in [-0.3, -0.25) is 0 Å². The van der Waals surface area contributed by atoms with Crippen LogP contribution in [-0.4, -0.2) is 18.3 Å². The zero-order valence-electron chi connectivity index (χ0n) is 10.1. The molecule has 0 radical (unpaired) electrons. The molecule has 0 aromatic heterocycles. The minimum atomic E-state index is -0.0827. The van der Waals surface area contributed by atoms with Crippen LogP contribution in [0.2, 0.25) is 5.02 Å². The van der Waals surface area contributed by atoms with E-state index >= 15 is 0 Å². The van der Waals surface area contributed by atoms with Gasteiger partial charge in [0.15, 0.2) is 0 Å². The summed E-state index contributed by atoms with van der Waals surface area (Å²) < 4.78 is 0. The number of halogens is 1. The van der Waals surface area contributed by atoms with Crippen LogP contribution in [0.25, 0.3) is 0 Å². The Morgan fingerprint density at radius 2 is 1.88 bits per heavy atom. The second-order valence-electron chi connectivity index (χ2n) is 4.98. The van der Waals surface area contributed by atoms with Gasteiger partial charge in [-0.25, -0.2) is 0 Å². The number of aliphatic hydroxyl groups is 1. The molecule has 0 fully saturated rings. The molecule has 0 aliphatic heterocycles. The number of aliphatic hydroxyl groups excluding tert-OH is 1. The first kappa shape index (κ1) is 13.5. The lowest BCUT2D eigenvalue weighted by Gasteiger charge is -2.25. The second kappa shape index (κ2) is 5.67. The van der Waals surface area contributed by atoms with Gasteiger partial charge in [-0.15, -0.1) is 0 Å². The van der Waals surface area contributed by atoms with Gasteiger partial charge < -0.3 is 10.4 Å². The first-order valence-corrected chi connectivity index (χ1v) is 5.92. The van der Waals surface area contributed by atoms with Gasteiger partial charge >= 0.3 is 0 Å². The lowest BCUT2D eigenvalue weighted by Crippen LogP contribution is -2.33. The van der Waals surface area contributed by atoms with E-state index in [0.29, 0.717) is 0 Å². The molecule has 1 rings (SSSR count). The Balaban J connectivity index is 2.53. The summed E-state index contributed by atoms with van der Waals surface area (Å²) in [5.41, 5.74) is 1.12. The second-order valence-corrected chi connectivity index (χ2v) is 5.41. The molecule has 0 amide bonds. The quantitative estimate of drug-likeness (QED) is 0.831. The summed E-state index contributed by atoms with van der Waals surface area (Å²) in [6.07, 6.45) is 0. The fraction of sp³-hybridized carbons (Fsp3) is 0.538. The third-order valence-electron chi connectivity index (χ3n) is 2.68. The number of hydrogen-bond acceptors (Lipinski definition) is 2. The molecular formula is C13H20ClNO. The van der Waals surface area contributed by atoms with E-state index in [2.05, 4.69) is 12.2 Å². The van der Waals surface area contributed by atoms with Crippen LogP contribution in [0.5, 0.6) is 0 Å². The maximum atomic E-state index is 9.16. The average molecular weight is 242 g/mol. The van der Waals surface area contributed by atoms with Gasteiger partial charge in [-0.1, -0.05) is 37.6 Å². The summed E-state index contributed by atoms with van der Waals surface area (Å²) in [7, 11) is 0. The molecule has 0 bridgehead atoms. The Labute approximate surface area is 103 Å². The molecule has 0 spiro atoms. The van der Waals surface area contributed by atoms with Crippen LogP contribution >= 0.6 is 11.6 Å². The Morgan fingerprint density at radius 1 is 1.31 bits per heavy atom. The van der Waals surface area contributed by atoms with Crippen molar-refractivity contribution in [2.24, 2.45) is 5.41 Å². The standard InChI is InChI=1S/C13H20ClNO/c1-10(15-8-13(2,3)9-16)11-4-6-12(14)7-5-11/h4-7,10,15-16H,8-9H2,1-3H3/t10-/m1/s1. The summed E-state index contributed by atoms with van der Waals surface area (Å²) in [6, 6.07) is 8.10. The Bertz CT molecular complexity index is 321. The number of benzene rings is 1. The van der Waals surface area contributed by atoms with Crippen LogP contribution in [-0.2, 0) is 0 Å². The van der Waals surface area contributed by atoms with E-state index in [0.717, 1.165) is 11.6 Å². The Morgan fingerprint density at radius 3 is 2.38 bits per heavy atom. The van der Waals surface area contributed by atoms with Crippen molar-refractivity contribution in [3.8, 4) is 0 Å². The molecule has 0 saturated carbocycles. The van der Waals surface area contributed by atoms with E-state index in [4.69, 9.17) is 16.7 Å². The van der Waals surface area contributed by atoms with Gasteiger partial charge in [0.05, 0.1) is 0 Å². The predicted molar refractivity (Wildman–Crippen MR) is 68.7 cm³/mol. The van der Waals surface area contributed by atoms with Crippen molar-refractivity contribution in [2.45, 2.75) is 26.8 Å². The fourth-order valence-corrected chi connectivity index (χ4v) is 1.48. The van der Waals surface area contributed by atoms with Crippen LogP contribution in [0.1, 0.15) is 32.4 Å². The van der Waals surface area contributed by atoms with Gasteiger partial charge in [0, 0.05) is 29.6 Å². The van der Waals surface area contributed by atoms with Crippen molar-refractivity contribution in [1.82, 2.24) is 5.32 Å². The monoisotopic (exact) mass is 241 g/mol. The summed E-state index contributed by atoms with van der Waals surface area (Å²) in [5, 5.41) is 13.3. The molecule has 90 valence electrons. The zero-order valence-corrected chi connectivity index (χ0v) is 10.9. The van der Waals surface area contributed by atoms with Crippen molar-refractivity contribution in [3.05, 3.63) is 34.9 Å². The Hall–Kier alpha value is -0.570. The predicted octanol–water partition coefficient (Wildman–Crippen LogP) is 3.01. The Kier molecular flexibility index (Phi) is 4.78. The van der Waals surface area contributed by atoms with Crippen molar-refractivity contribution < 1.29 is 5.11 Å². The van der Waals surface area contributed by atoms with Crippen molar-refractivity contribution in [3.63, 3.8) is 0 Å². The fourth-order valence-electron chi connectivity index (χ4n) is 1.35. The molecule has 0 saturated heterocycles. The highest BCUT2D eigenvalue weighted by molar-refractivity contribution is 6.30. The lowest BCUT2D eigenvalue weighted by molar-refractivity contribution is 0.154. The SMILES string of the molecule is C[C@@H](NCC(C)(C)CO)c1ccc(Cl)cc1. The van der Waals surface area contributed by atoms with Crippen LogP contribution in [0.15, 0.2) is 24.3 Å². The number of nitrogens with one attached hydrogen (secondary N) is 1. The van der Waals surface area contributed by atoms with Crippen LogP contribution in [0.3, 0.4) is 0 Å². The van der Waals surface area contributed by atoms with Gasteiger partial charge in [-0.05, 0) is 24.6 Å². The third kappa shape index (κ3) is 4.12. The largest absolute Gasteiger partial charge is 0.396 e. The van der Waals surface area contributed by atoms with E-state index < -0.39 is 0 Å². The minimum absolute atomic E-state index is 0.0827. The smallest absolute Gasteiger partial charge is 0.0494 e. The van der Waals surface area contributed by atoms with Crippen LogP contribution < -0.4 is 5.32 Å². The molecule has 1 aromatic carbocycles. The van der Waals surface area contributed by atoms with Gasteiger partial charge in [-0.2, -0.15) is 0 Å². The summed E-state index contributed by atoms with van der Waals surface area (Å²) in [4.78, 5) is 0. The molecule has 3 heteroatoms. The molecule has 2 N–H and O–H groups in total. The summed E-state index contributed by atoms with van der Waals surface area (Å²) in [5.74, 6) is 0. The lowest BCUT2D eigenvalue weighted by atomic mass is 9.94. The average Bonchev–Trinajstić information content (AvgIpc) is 2.27. The molecule has 16 heavy (non-hydrogen) atoms. The minimum Gasteiger partial charge on any atom is -0.396 e. The van der Waals surface area contributed by atoms with Crippen LogP contribution in [0.4, 0.5) is 0 Å². The maximum Gasteiger partial charge on any atom is 0.0494 e. The number of hydrogen-bond donors (Lipinski definition) is 2. The topological polar surface area (TPSA) is 32.3 Å².